The number of aryl methyl sites for hydroxylation is 1. The third-order valence-electron chi connectivity index (χ3n) is 2.68. The number of amides is 1. The van der Waals surface area contributed by atoms with Gasteiger partial charge in [0.2, 0.25) is 0 Å². The summed E-state index contributed by atoms with van der Waals surface area (Å²) < 4.78 is 4.80. The maximum absolute atomic E-state index is 11.8. The maximum Gasteiger partial charge on any atom is 0.305 e. The van der Waals surface area contributed by atoms with Crippen LogP contribution in [0.5, 0.6) is 0 Å². The van der Waals surface area contributed by atoms with E-state index in [0.29, 0.717) is 37.2 Å². The van der Waals surface area contributed by atoms with Gasteiger partial charge < -0.3 is 15.8 Å². The summed E-state index contributed by atoms with van der Waals surface area (Å²) in [5.41, 5.74) is 7.80. The number of carbonyl (C=O) groups excluding carboxylic acids is 2. The van der Waals surface area contributed by atoms with Crippen LogP contribution < -0.4 is 11.1 Å². The zero-order valence-corrected chi connectivity index (χ0v) is 11.4. The fourth-order valence-corrected chi connectivity index (χ4v) is 1.59. The van der Waals surface area contributed by atoms with Crippen LogP contribution in [0.25, 0.3) is 0 Å². The van der Waals surface area contributed by atoms with Crippen molar-refractivity contribution in [2.45, 2.75) is 26.7 Å². The van der Waals surface area contributed by atoms with Crippen LogP contribution in [0.15, 0.2) is 18.2 Å². The highest BCUT2D eigenvalue weighted by molar-refractivity contribution is 5.94. The van der Waals surface area contributed by atoms with E-state index in [0.717, 1.165) is 5.56 Å². The first kappa shape index (κ1) is 15.0. The summed E-state index contributed by atoms with van der Waals surface area (Å²) in [7, 11) is 0. The van der Waals surface area contributed by atoms with Gasteiger partial charge in [0, 0.05) is 24.2 Å². The minimum Gasteiger partial charge on any atom is -0.466 e. The molecule has 1 aromatic rings. The molecule has 5 heteroatoms. The van der Waals surface area contributed by atoms with Crippen molar-refractivity contribution in [1.29, 1.82) is 0 Å². The van der Waals surface area contributed by atoms with E-state index in [4.69, 9.17) is 10.5 Å². The second-order valence-electron chi connectivity index (χ2n) is 4.24. The zero-order chi connectivity index (χ0) is 14.3. The normalized spacial score (nSPS) is 10.0. The van der Waals surface area contributed by atoms with Crippen molar-refractivity contribution in [3.8, 4) is 0 Å². The van der Waals surface area contributed by atoms with Crippen LogP contribution in [0.1, 0.15) is 35.7 Å². The van der Waals surface area contributed by atoms with E-state index in [-0.39, 0.29) is 11.9 Å². The number of nitrogens with one attached hydrogen (secondary N) is 1. The Labute approximate surface area is 113 Å². The van der Waals surface area contributed by atoms with Gasteiger partial charge in [-0.2, -0.15) is 0 Å². The highest BCUT2D eigenvalue weighted by atomic mass is 16.5. The number of ether oxygens (including phenoxy) is 1. The van der Waals surface area contributed by atoms with Crippen molar-refractivity contribution in [3.63, 3.8) is 0 Å². The Kier molecular flexibility index (Phi) is 5.85. The predicted molar refractivity (Wildman–Crippen MR) is 73.8 cm³/mol. The quantitative estimate of drug-likeness (QED) is 0.465. The van der Waals surface area contributed by atoms with Gasteiger partial charge >= 0.3 is 5.97 Å². The minimum absolute atomic E-state index is 0.160. The van der Waals surface area contributed by atoms with Crippen LogP contribution in [0.2, 0.25) is 0 Å². The van der Waals surface area contributed by atoms with Crippen LogP contribution >= 0.6 is 0 Å². The molecule has 0 aliphatic heterocycles. The molecule has 0 aliphatic rings. The molecule has 0 aliphatic carbocycles. The van der Waals surface area contributed by atoms with Crippen LogP contribution in [-0.4, -0.2) is 25.0 Å². The van der Waals surface area contributed by atoms with Gasteiger partial charge in [0.15, 0.2) is 0 Å². The van der Waals surface area contributed by atoms with E-state index < -0.39 is 0 Å². The molecule has 0 fully saturated rings. The van der Waals surface area contributed by atoms with Gasteiger partial charge in [0.25, 0.3) is 5.91 Å². The molecule has 1 amide bonds. The first-order valence-electron chi connectivity index (χ1n) is 6.34. The molecule has 19 heavy (non-hydrogen) atoms. The number of nitrogens with two attached hydrogens (primary N) is 1. The molecule has 0 saturated carbocycles. The molecule has 0 radical (unpaired) electrons. The summed E-state index contributed by atoms with van der Waals surface area (Å²) in [6.07, 6.45) is 0.882. The average molecular weight is 264 g/mol. The van der Waals surface area contributed by atoms with E-state index in [1.807, 2.05) is 6.92 Å². The Bertz CT molecular complexity index is 458. The van der Waals surface area contributed by atoms with E-state index in [1.54, 1.807) is 25.1 Å². The van der Waals surface area contributed by atoms with Crippen LogP contribution in [0.3, 0.4) is 0 Å². The SMILES string of the molecule is CCOC(=O)CCCNC(=O)c1ccc(N)c(C)c1. The highest BCUT2D eigenvalue weighted by Crippen LogP contribution is 2.12. The van der Waals surface area contributed by atoms with E-state index >= 15 is 0 Å². The average Bonchev–Trinajstić information content (AvgIpc) is 2.38. The number of benzene rings is 1. The van der Waals surface area contributed by atoms with Crippen molar-refractivity contribution in [1.82, 2.24) is 5.32 Å². The van der Waals surface area contributed by atoms with Gasteiger partial charge in [-0.15, -0.1) is 0 Å². The Morgan fingerprint density at radius 1 is 1.37 bits per heavy atom. The second kappa shape index (κ2) is 7.41. The summed E-state index contributed by atoms with van der Waals surface area (Å²) >= 11 is 0. The topological polar surface area (TPSA) is 81.4 Å². The standard InChI is InChI=1S/C14H20N2O3/c1-3-19-13(17)5-4-8-16-14(18)11-6-7-12(15)10(2)9-11/h6-7,9H,3-5,8,15H2,1-2H3,(H,16,18). The Morgan fingerprint density at radius 3 is 2.74 bits per heavy atom. The molecule has 5 nitrogen and oxygen atoms in total. The molecular weight excluding hydrogens is 244 g/mol. The molecule has 0 atom stereocenters. The largest absolute Gasteiger partial charge is 0.466 e. The van der Waals surface area contributed by atoms with Crippen LogP contribution in [0, 0.1) is 6.92 Å². The fourth-order valence-electron chi connectivity index (χ4n) is 1.59. The lowest BCUT2D eigenvalue weighted by atomic mass is 10.1. The van der Waals surface area contributed by atoms with Crippen LogP contribution in [0.4, 0.5) is 5.69 Å². The van der Waals surface area contributed by atoms with Gasteiger partial charge in [-0.05, 0) is 44.0 Å². The molecule has 0 saturated heterocycles. The highest BCUT2D eigenvalue weighted by Gasteiger charge is 2.07. The van der Waals surface area contributed by atoms with Gasteiger partial charge in [-0.3, -0.25) is 9.59 Å². The van der Waals surface area contributed by atoms with Crippen molar-refractivity contribution in [3.05, 3.63) is 29.3 Å². The number of nitrogen functional groups attached to an aromatic ring is 1. The molecule has 1 rings (SSSR count). The fraction of sp³-hybridized carbons (Fsp3) is 0.429. The second-order valence-corrected chi connectivity index (χ2v) is 4.24. The monoisotopic (exact) mass is 264 g/mol. The number of carbonyl (C=O) groups is 2. The summed E-state index contributed by atoms with van der Waals surface area (Å²) in [5, 5.41) is 2.76. The summed E-state index contributed by atoms with van der Waals surface area (Å²) in [6.45, 7) is 4.45. The summed E-state index contributed by atoms with van der Waals surface area (Å²) in [6, 6.07) is 5.14. The molecular formula is C14H20N2O3. The van der Waals surface area contributed by atoms with E-state index in [2.05, 4.69) is 5.32 Å². The number of esters is 1. The molecule has 0 aromatic heterocycles. The van der Waals surface area contributed by atoms with Crippen molar-refractivity contribution in [2.75, 3.05) is 18.9 Å². The van der Waals surface area contributed by atoms with E-state index in [9.17, 15) is 9.59 Å². The van der Waals surface area contributed by atoms with E-state index in [1.165, 1.54) is 0 Å². The van der Waals surface area contributed by atoms with Gasteiger partial charge in [0.1, 0.15) is 0 Å². The van der Waals surface area contributed by atoms with Gasteiger partial charge in [0.05, 0.1) is 6.61 Å². The first-order valence-corrected chi connectivity index (χ1v) is 6.34. The number of rotatable bonds is 6. The first-order chi connectivity index (χ1) is 9.04. The predicted octanol–water partition coefficient (Wildman–Crippen LogP) is 1.65. The molecule has 0 unspecified atom stereocenters. The van der Waals surface area contributed by atoms with Crippen molar-refractivity contribution in [2.24, 2.45) is 0 Å². The zero-order valence-electron chi connectivity index (χ0n) is 11.4. The summed E-state index contributed by atoms with van der Waals surface area (Å²) in [5.74, 6) is -0.396. The molecule has 3 N–H and O–H groups in total. The number of hydrogen-bond acceptors (Lipinski definition) is 4. The van der Waals surface area contributed by atoms with Gasteiger partial charge in [-0.1, -0.05) is 0 Å². The lowest BCUT2D eigenvalue weighted by Gasteiger charge is -2.07. The van der Waals surface area contributed by atoms with Gasteiger partial charge in [-0.25, -0.2) is 0 Å². The Morgan fingerprint density at radius 2 is 2.11 bits per heavy atom. The maximum atomic E-state index is 11.8. The van der Waals surface area contributed by atoms with Crippen LogP contribution in [-0.2, 0) is 9.53 Å². The molecule has 0 heterocycles. The molecule has 104 valence electrons. The smallest absolute Gasteiger partial charge is 0.305 e. The van der Waals surface area contributed by atoms with Crippen molar-refractivity contribution < 1.29 is 14.3 Å². The lowest BCUT2D eigenvalue weighted by molar-refractivity contribution is -0.143. The summed E-state index contributed by atoms with van der Waals surface area (Å²) in [4.78, 5) is 22.9. The number of hydrogen-bond donors (Lipinski definition) is 2. The molecule has 1 aromatic carbocycles. The minimum atomic E-state index is -0.236. The third-order valence-corrected chi connectivity index (χ3v) is 2.68. The number of anilines is 1. The Balaban J connectivity index is 2.35. The van der Waals surface area contributed by atoms with Crippen molar-refractivity contribution >= 4 is 17.6 Å². The molecule has 0 spiro atoms. The lowest BCUT2D eigenvalue weighted by Crippen LogP contribution is -2.25. The molecule has 0 bridgehead atoms. The third kappa shape index (κ3) is 4.99. The Hall–Kier alpha value is -2.04.